The number of carbonyl (C=O) groups excluding carboxylic acids is 1. The summed E-state index contributed by atoms with van der Waals surface area (Å²) in [5.41, 5.74) is 1.15. The molecule has 1 aliphatic heterocycles. The van der Waals surface area contributed by atoms with Crippen molar-refractivity contribution in [3.63, 3.8) is 0 Å². The van der Waals surface area contributed by atoms with Crippen LogP contribution in [0.3, 0.4) is 0 Å². The summed E-state index contributed by atoms with van der Waals surface area (Å²) in [6.07, 6.45) is -0.0656. The minimum atomic E-state index is -0.463. The highest BCUT2D eigenvalue weighted by molar-refractivity contribution is 6.31. The fraction of sp³-hybridized carbons (Fsp3) is 0.278. The number of halogens is 2. The van der Waals surface area contributed by atoms with E-state index in [0.717, 1.165) is 5.56 Å². The maximum absolute atomic E-state index is 13.9. The van der Waals surface area contributed by atoms with Gasteiger partial charge in [-0.3, -0.25) is 4.79 Å². The lowest BCUT2D eigenvalue weighted by Gasteiger charge is -2.21. The van der Waals surface area contributed by atoms with Crippen LogP contribution in [0.4, 0.5) is 4.39 Å². The standard InChI is InChI=1S/C18H17ClFNO3/c1-2-21(10-12-6-7-16-17(8-12)24-11-23-16)18(22)9-13-14(19)4-3-5-15(13)20/h3-8H,2,9-11H2,1H3. The molecular formula is C18H17ClFNO3. The molecule has 0 N–H and O–H groups in total. The maximum atomic E-state index is 13.9. The van der Waals surface area contributed by atoms with Gasteiger partial charge in [0, 0.05) is 23.7 Å². The summed E-state index contributed by atoms with van der Waals surface area (Å²) < 4.78 is 24.5. The number of amides is 1. The Labute approximate surface area is 144 Å². The Morgan fingerprint density at radius 3 is 2.79 bits per heavy atom. The fourth-order valence-corrected chi connectivity index (χ4v) is 2.83. The van der Waals surface area contributed by atoms with Crippen LogP contribution in [0.15, 0.2) is 36.4 Å². The predicted molar refractivity (Wildman–Crippen MR) is 88.8 cm³/mol. The molecule has 1 amide bonds. The van der Waals surface area contributed by atoms with Crippen molar-refractivity contribution in [1.29, 1.82) is 0 Å². The van der Waals surface area contributed by atoms with Crippen LogP contribution in [-0.4, -0.2) is 24.1 Å². The van der Waals surface area contributed by atoms with E-state index in [1.807, 2.05) is 25.1 Å². The molecule has 0 radical (unpaired) electrons. The van der Waals surface area contributed by atoms with Gasteiger partial charge in [-0.2, -0.15) is 0 Å². The van der Waals surface area contributed by atoms with Gasteiger partial charge in [0.2, 0.25) is 12.7 Å². The molecule has 0 aliphatic carbocycles. The molecule has 0 saturated heterocycles. The molecule has 126 valence electrons. The zero-order chi connectivity index (χ0) is 17.1. The molecular weight excluding hydrogens is 333 g/mol. The lowest BCUT2D eigenvalue weighted by atomic mass is 10.1. The van der Waals surface area contributed by atoms with E-state index in [2.05, 4.69) is 0 Å². The molecule has 3 rings (SSSR count). The Morgan fingerprint density at radius 2 is 2.04 bits per heavy atom. The van der Waals surface area contributed by atoms with Crippen molar-refractivity contribution < 1.29 is 18.7 Å². The second kappa shape index (κ2) is 7.09. The summed E-state index contributed by atoms with van der Waals surface area (Å²) >= 11 is 6.00. The largest absolute Gasteiger partial charge is 0.454 e. The van der Waals surface area contributed by atoms with Crippen molar-refractivity contribution in [3.05, 3.63) is 58.4 Å². The van der Waals surface area contributed by atoms with Crippen molar-refractivity contribution in [3.8, 4) is 11.5 Å². The average Bonchev–Trinajstić information content (AvgIpc) is 3.03. The van der Waals surface area contributed by atoms with Crippen molar-refractivity contribution in [2.45, 2.75) is 19.9 Å². The van der Waals surface area contributed by atoms with Gasteiger partial charge >= 0.3 is 0 Å². The van der Waals surface area contributed by atoms with Crippen LogP contribution in [0.1, 0.15) is 18.1 Å². The number of hydrogen-bond donors (Lipinski definition) is 0. The Morgan fingerprint density at radius 1 is 1.25 bits per heavy atom. The van der Waals surface area contributed by atoms with Crippen LogP contribution < -0.4 is 9.47 Å². The van der Waals surface area contributed by atoms with Gasteiger partial charge in [-0.25, -0.2) is 4.39 Å². The van der Waals surface area contributed by atoms with Crippen LogP contribution in [0.5, 0.6) is 11.5 Å². The number of benzene rings is 2. The van der Waals surface area contributed by atoms with Crippen molar-refractivity contribution >= 4 is 17.5 Å². The molecule has 0 bridgehead atoms. The highest BCUT2D eigenvalue weighted by Crippen LogP contribution is 2.32. The van der Waals surface area contributed by atoms with Crippen molar-refractivity contribution in [2.75, 3.05) is 13.3 Å². The zero-order valence-electron chi connectivity index (χ0n) is 13.2. The smallest absolute Gasteiger partial charge is 0.231 e. The molecule has 1 aliphatic rings. The number of ether oxygens (including phenoxy) is 2. The molecule has 0 unspecified atom stereocenters. The van der Waals surface area contributed by atoms with Gasteiger partial charge in [0.15, 0.2) is 11.5 Å². The number of likely N-dealkylation sites (N-methyl/N-ethyl adjacent to an activating group) is 1. The number of carbonyl (C=O) groups is 1. The van der Waals surface area contributed by atoms with Gasteiger partial charge in [-0.05, 0) is 36.8 Å². The maximum Gasteiger partial charge on any atom is 0.231 e. The van der Waals surface area contributed by atoms with Gasteiger partial charge in [0.1, 0.15) is 5.82 Å². The van der Waals surface area contributed by atoms with Crippen LogP contribution in [0, 0.1) is 5.82 Å². The number of rotatable bonds is 5. The lowest BCUT2D eigenvalue weighted by molar-refractivity contribution is -0.130. The lowest BCUT2D eigenvalue weighted by Crippen LogP contribution is -2.31. The first-order valence-electron chi connectivity index (χ1n) is 7.67. The molecule has 2 aromatic rings. The summed E-state index contributed by atoms with van der Waals surface area (Å²) in [4.78, 5) is 14.2. The SMILES string of the molecule is CCN(Cc1ccc2c(c1)OCO2)C(=O)Cc1c(F)cccc1Cl. The topological polar surface area (TPSA) is 38.8 Å². The van der Waals surface area contributed by atoms with Gasteiger partial charge in [0.25, 0.3) is 0 Å². The Kier molecular flexibility index (Phi) is 4.90. The van der Waals surface area contributed by atoms with Crippen molar-refractivity contribution in [2.24, 2.45) is 0 Å². The van der Waals surface area contributed by atoms with Crippen LogP contribution >= 0.6 is 11.6 Å². The van der Waals surface area contributed by atoms with Gasteiger partial charge in [-0.1, -0.05) is 23.7 Å². The van der Waals surface area contributed by atoms with Crippen LogP contribution in [0.2, 0.25) is 5.02 Å². The van der Waals surface area contributed by atoms with E-state index in [1.54, 1.807) is 11.0 Å². The zero-order valence-corrected chi connectivity index (χ0v) is 14.0. The van der Waals surface area contributed by atoms with Crippen LogP contribution in [-0.2, 0) is 17.8 Å². The molecule has 2 aromatic carbocycles. The Hall–Kier alpha value is -2.27. The van der Waals surface area contributed by atoms with E-state index >= 15 is 0 Å². The number of hydrogen-bond acceptors (Lipinski definition) is 3. The molecule has 0 atom stereocenters. The van der Waals surface area contributed by atoms with Gasteiger partial charge in [-0.15, -0.1) is 0 Å². The first-order valence-corrected chi connectivity index (χ1v) is 8.05. The van der Waals surface area contributed by atoms with Gasteiger partial charge in [0.05, 0.1) is 6.42 Å². The van der Waals surface area contributed by atoms with E-state index in [1.165, 1.54) is 12.1 Å². The third-order valence-electron chi connectivity index (χ3n) is 3.93. The molecule has 0 spiro atoms. The summed E-state index contributed by atoms with van der Waals surface area (Å²) in [5.74, 6) is 0.733. The van der Waals surface area contributed by atoms with E-state index in [9.17, 15) is 9.18 Å². The van der Waals surface area contributed by atoms with Crippen molar-refractivity contribution in [1.82, 2.24) is 4.90 Å². The predicted octanol–water partition coefficient (Wildman–Crippen LogP) is 3.80. The van der Waals surface area contributed by atoms with E-state index < -0.39 is 5.82 Å². The van der Waals surface area contributed by atoms with E-state index in [4.69, 9.17) is 21.1 Å². The Bertz CT molecular complexity index is 746. The first-order chi connectivity index (χ1) is 11.6. The van der Waals surface area contributed by atoms with E-state index in [-0.39, 0.29) is 29.7 Å². The molecule has 0 aromatic heterocycles. The minimum Gasteiger partial charge on any atom is -0.454 e. The molecule has 4 nitrogen and oxygen atoms in total. The third kappa shape index (κ3) is 3.46. The average molecular weight is 350 g/mol. The molecule has 1 heterocycles. The monoisotopic (exact) mass is 349 g/mol. The number of nitrogens with zero attached hydrogens (tertiary/aromatic N) is 1. The Balaban J connectivity index is 1.73. The second-order valence-electron chi connectivity index (χ2n) is 5.47. The normalized spacial score (nSPS) is 12.3. The molecule has 0 fully saturated rings. The van der Waals surface area contributed by atoms with Crippen LogP contribution in [0.25, 0.3) is 0 Å². The van der Waals surface area contributed by atoms with E-state index in [0.29, 0.717) is 24.6 Å². The molecule has 24 heavy (non-hydrogen) atoms. The highest BCUT2D eigenvalue weighted by Gasteiger charge is 2.19. The highest BCUT2D eigenvalue weighted by atomic mass is 35.5. The summed E-state index contributed by atoms with van der Waals surface area (Å²) in [6.45, 7) is 3.02. The second-order valence-corrected chi connectivity index (χ2v) is 5.88. The number of fused-ring (bicyclic) bond motifs is 1. The molecule has 0 saturated carbocycles. The summed E-state index contributed by atoms with van der Waals surface area (Å²) in [6, 6.07) is 9.98. The quantitative estimate of drug-likeness (QED) is 0.824. The third-order valence-corrected chi connectivity index (χ3v) is 4.29. The van der Waals surface area contributed by atoms with Gasteiger partial charge < -0.3 is 14.4 Å². The molecule has 6 heteroatoms. The fourth-order valence-electron chi connectivity index (χ4n) is 2.60. The first kappa shape index (κ1) is 16.6. The summed E-state index contributed by atoms with van der Waals surface area (Å²) in [5, 5.41) is 0.266. The summed E-state index contributed by atoms with van der Waals surface area (Å²) in [7, 11) is 0. The minimum absolute atomic E-state index is 0.0656.